The van der Waals surface area contributed by atoms with E-state index in [2.05, 4.69) is 31.1 Å². The average molecular weight is 268 g/mol. The Morgan fingerprint density at radius 1 is 1.39 bits per heavy atom. The minimum absolute atomic E-state index is 0.0739. The quantitative estimate of drug-likeness (QED) is 0.882. The summed E-state index contributed by atoms with van der Waals surface area (Å²) in [6.07, 6.45) is 5.00. The fraction of sp³-hybridized carbons (Fsp3) is 0.786. The van der Waals surface area contributed by atoms with Gasteiger partial charge in [-0.1, -0.05) is 6.92 Å². The minimum Gasteiger partial charge on any atom is -0.393 e. The molecule has 2 rings (SSSR count). The summed E-state index contributed by atoms with van der Waals surface area (Å²) in [5.74, 6) is 0. The van der Waals surface area contributed by atoms with Crippen molar-refractivity contribution in [2.45, 2.75) is 71.1 Å². The second-order valence-electron chi connectivity index (χ2n) is 5.30. The van der Waals surface area contributed by atoms with Gasteiger partial charge in [0.15, 0.2) is 0 Å². The molecule has 1 aliphatic carbocycles. The molecule has 1 atom stereocenters. The summed E-state index contributed by atoms with van der Waals surface area (Å²) in [4.78, 5) is 5.97. The lowest BCUT2D eigenvalue weighted by Gasteiger charge is -2.28. The molecule has 1 unspecified atom stereocenters. The maximum absolute atomic E-state index is 9.52. The molecular weight excluding hydrogens is 244 g/mol. The SMILES string of the molecule is CCc1nc(C)c(C(C)NC2CCC(O)CC2)s1. The number of hydrogen-bond donors (Lipinski definition) is 2. The van der Waals surface area contributed by atoms with Crippen LogP contribution in [0.3, 0.4) is 0 Å². The number of aryl methyl sites for hydroxylation is 2. The van der Waals surface area contributed by atoms with Crippen LogP contribution in [-0.4, -0.2) is 22.2 Å². The molecule has 0 aromatic carbocycles. The molecule has 0 spiro atoms. The Hall–Kier alpha value is -0.450. The Bertz CT molecular complexity index is 383. The van der Waals surface area contributed by atoms with Gasteiger partial charge in [0.05, 0.1) is 16.8 Å². The number of thiazole rings is 1. The van der Waals surface area contributed by atoms with Gasteiger partial charge in [-0.2, -0.15) is 0 Å². The zero-order valence-electron chi connectivity index (χ0n) is 11.6. The van der Waals surface area contributed by atoms with Crippen LogP contribution in [0.5, 0.6) is 0 Å². The van der Waals surface area contributed by atoms with Crippen LogP contribution in [0.4, 0.5) is 0 Å². The van der Waals surface area contributed by atoms with Gasteiger partial charge in [-0.15, -0.1) is 11.3 Å². The highest BCUT2D eigenvalue weighted by atomic mass is 32.1. The monoisotopic (exact) mass is 268 g/mol. The van der Waals surface area contributed by atoms with Crippen molar-refractivity contribution in [2.75, 3.05) is 0 Å². The molecule has 1 aliphatic rings. The van der Waals surface area contributed by atoms with Gasteiger partial charge in [-0.3, -0.25) is 0 Å². The predicted molar refractivity (Wildman–Crippen MR) is 76.0 cm³/mol. The first-order valence-electron chi connectivity index (χ1n) is 7.00. The van der Waals surface area contributed by atoms with Gasteiger partial charge >= 0.3 is 0 Å². The van der Waals surface area contributed by atoms with Crippen LogP contribution < -0.4 is 5.32 Å². The van der Waals surface area contributed by atoms with Gasteiger partial charge in [-0.25, -0.2) is 4.98 Å². The van der Waals surface area contributed by atoms with Gasteiger partial charge in [0, 0.05) is 17.0 Å². The molecule has 1 heterocycles. The van der Waals surface area contributed by atoms with Crippen molar-refractivity contribution in [3.05, 3.63) is 15.6 Å². The van der Waals surface area contributed by atoms with Crippen LogP contribution in [0, 0.1) is 6.92 Å². The van der Waals surface area contributed by atoms with Crippen LogP contribution in [0.1, 0.15) is 61.2 Å². The molecule has 1 fully saturated rings. The number of hydrogen-bond acceptors (Lipinski definition) is 4. The molecule has 0 amide bonds. The van der Waals surface area contributed by atoms with E-state index in [1.807, 2.05) is 11.3 Å². The zero-order valence-corrected chi connectivity index (χ0v) is 12.4. The highest BCUT2D eigenvalue weighted by molar-refractivity contribution is 7.11. The van der Waals surface area contributed by atoms with E-state index in [4.69, 9.17) is 0 Å². The first kappa shape index (κ1) is 14.0. The van der Waals surface area contributed by atoms with E-state index in [0.717, 1.165) is 32.1 Å². The Kier molecular flexibility index (Phi) is 4.76. The fourth-order valence-corrected chi connectivity index (χ4v) is 3.71. The lowest BCUT2D eigenvalue weighted by atomic mass is 9.92. The third-order valence-corrected chi connectivity index (χ3v) is 5.24. The fourth-order valence-electron chi connectivity index (χ4n) is 2.69. The molecule has 102 valence electrons. The molecule has 2 N–H and O–H groups in total. The average Bonchev–Trinajstić information content (AvgIpc) is 2.73. The van der Waals surface area contributed by atoms with Crippen LogP contribution in [0.25, 0.3) is 0 Å². The summed E-state index contributed by atoms with van der Waals surface area (Å²) in [7, 11) is 0. The molecule has 18 heavy (non-hydrogen) atoms. The summed E-state index contributed by atoms with van der Waals surface area (Å²) in [5, 5.41) is 14.4. The van der Waals surface area contributed by atoms with Gasteiger partial charge in [0.2, 0.25) is 0 Å². The second kappa shape index (κ2) is 6.13. The molecule has 4 heteroatoms. The molecular formula is C14H24N2OS. The van der Waals surface area contributed by atoms with E-state index in [-0.39, 0.29) is 6.10 Å². The maximum Gasteiger partial charge on any atom is 0.0928 e. The molecule has 1 aromatic rings. The zero-order chi connectivity index (χ0) is 13.1. The largest absolute Gasteiger partial charge is 0.393 e. The number of nitrogens with one attached hydrogen (secondary N) is 1. The summed E-state index contributed by atoms with van der Waals surface area (Å²) in [6.45, 7) is 6.49. The van der Waals surface area contributed by atoms with Crippen molar-refractivity contribution < 1.29 is 5.11 Å². The van der Waals surface area contributed by atoms with Crippen LogP contribution in [0.2, 0.25) is 0 Å². The van der Waals surface area contributed by atoms with Crippen molar-refractivity contribution in [2.24, 2.45) is 0 Å². The van der Waals surface area contributed by atoms with E-state index < -0.39 is 0 Å². The van der Waals surface area contributed by atoms with Crippen LogP contribution in [0.15, 0.2) is 0 Å². The second-order valence-corrected chi connectivity index (χ2v) is 6.42. The number of nitrogens with zero attached hydrogens (tertiary/aromatic N) is 1. The summed E-state index contributed by atoms with van der Waals surface area (Å²) < 4.78 is 0. The topological polar surface area (TPSA) is 45.2 Å². The van der Waals surface area contributed by atoms with Crippen molar-refractivity contribution in [3.63, 3.8) is 0 Å². The van der Waals surface area contributed by atoms with Gasteiger partial charge in [-0.05, 0) is 46.0 Å². The van der Waals surface area contributed by atoms with Gasteiger partial charge in [0.1, 0.15) is 0 Å². The highest BCUT2D eigenvalue weighted by Gasteiger charge is 2.22. The molecule has 1 saturated carbocycles. The number of rotatable bonds is 4. The highest BCUT2D eigenvalue weighted by Crippen LogP contribution is 2.27. The van der Waals surface area contributed by atoms with E-state index in [1.165, 1.54) is 15.6 Å². The number of aromatic nitrogens is 1. The summed E-state index contributed by atoms with van der Waals surface area (Å²) in [6, 6.07) is 0.929. The number of aliphatic hydroxyl groups excluding tert-OH is 1. The normalized spacial score (nSPS) is 26.2. The smallest absolute Gasteiger partial charge is 0.0928 e. The van der Waals surface area contributed by atoms with Crippen molar-refractivity contribution in [1.29, 1.82) is 0 Å². The minimum atomic E-state index is -0.0739. The Morgan fingerprint density at radius 3 is 2.61 bits per heavy atom. The van der Waals surface area contributed by atoms with E-state index >= 15 is 0 Å². The molecule has 0 saturated heterocycles. The Labute approximate surface area is 114 Å². The summed E-state index contributed by atoms with van der Waals surface area (Å²) >= 11 is 1.83. The lowest BCUT2D eigenvalue weighted by molar-refractivity contribution is 0.114. The Morgan fingerprint density at radius 2 is 2.06 bits per heavy atom. The first-order valence-corrected chi connectivity index (χ1v) is 7.82. The van der Waals surface area contributed by atoms with Crippen LogP contribution in [-0.2, 0) is 6.42 Å². The predicted octanol–water partition coefficient (Wildman–Crippen LogP) is 2.97. The van der Waals surface area contributed by atoms with E-state index in [9.17, 15) is 5.11 Å². The van der Waals surface area contributed by atoms with Gasteiger partial charge in [0.25, 0.3) is 0 Å². The number of aliphatic hydroxyl groups is 1. The van der Waals surface area contributed by atoms with Crippen LogP contribution >= 0.6 is 11.3 Å². The molecule has 0 bridgehead atoms. The third-order valence-electron chi connectivity index (χ3n) is 3.75. The maximum atomic E-state index is 9.52. The van der Waals surface area contributed by atoms with Crippen molar-refractivity contribution in [1.82, 2.24) is 10.3 Å². The van der Waals surface area contributed by atoms with Crippen molar-refractivity contribution in [3.8, 4) is 0 Å². The van der Waals surface area contributed by atoms with E-state index in [0.29, 0.717) is 12.1 Å². The Balaban J connectivity index is 1.94. The summed E-state index contributed by atoms with van der Waals surface area (Å²) in [5.41, 5.74) is 1.17. The molecule has 1 aromatic heterocycles. The lowest BCUT2D eigenvalue weighted by Crippen LogP contribution is -2.36. The van der Waals surface area contributed by atoms with E-state index in [1.54, 1.807) is 0 Å². The van der Waals surface area contributed by atoms with Gasteiger partial charge < -0.3 is 10.4 Å². The van der Waals surface area contributed by atoms with Crippen molar-refractivity contribution >= 4 is 11.3 Å². The third kappa shape index (κ3) is 3.31. The molecule has 0 aliphatic heterocycles. The molecule has 3 nitrogen and oxygen atoms in total. The standard InChI is InChI=1S/C14H24N2OS/c1-4-13-16-10(3)14(18-13)9(2)15-11-5-7-12(17)8-6-11/h9,11-12,15,17H,4-8H2,1-3H3. The molecule has 0 radical (unpaired) electrons. The first-order chi connectivity index (χ1) is 8.60.